The number of hydrogen-bond acceptors (Lipinski definition) is 6. The number of rotatable bonds is 5. The lowest BCUT2D eigenvalue weighted by Crippen LogP contribution is -2.34. The van der Waals surface area contributed by atoms with E-state index < -0.39 is 17.5 Å². The van der Waals surface area contributed by atoms with Crippen LogP contribution < -0.4 is 15.7 Å². The number of benzene rings is 1. The molecular formula is C19H17NO5S. The van der Waals surface area contributed by atoms with Gasteiger partial charge in [-0.05, 0) is 43.0 Å². The minimum Gasteiger partial charge on any atom is -0.422 e. The molecule has 3 rings (SSSR count). The van der Waals surface area contributed by atoms with Crippen molar-refractivity contribution in [3.8, 4) is 5.75 Å². The maximum absolute atomic E-state index is 12.2. The van der Waals surface area contributed by atoms with Gasteiger partial charge in [-0.2, -0.15) is 0 Å². The van der Waals surface area contributed by atoms with Crippen LogP contribution in [0.4, 0.5) is 0 Å². The molecule has 1 atom stereocenters. The van der Waals surface area contributed by atoms with E-state index in [-0.39, 0.29) is 22.9 Å². The fourth-order valence-corrected chi connectivity index (χ4v) is 2.87. The molecule has 0 radical (unpaired) electrons. The highest BCUT2D eigenvalue weighted by atomic mass is 32.1. The highest BCUT2D eigenvalue weighted by Gasteiger charge is 2.16. The molecular weight excluding hydrogens is 354 g/mol. The third-order valence-corrected chi connectivity index (χ3v) is 4.72. The molecule has 0 aliphatic carbocycles. The minimum absolute atomic E-state index is 0.0448. The molecule has 0 spiro atoms. The number of nitrogens with one attached hydrogen (secondary N) is 1. The highest BCUT2D eigenvalue weighted by Crippen LogP contribution is 2.22. The molecule has 6 nitrogen and oxygen atoms in total. The van der Waals surface area contributed by atoms with Crippen LogP contribution in [0.3, 0.4) is 0 Å². The molecule has 0 fully saturated rings. The summed E-state index contributed by atoms with van der Waals surface area (Å²) in [5, 5.41) is 5.08. The zero-order valence-corrected chi connectivity index (χ0v) is 15.1. The van der Waals surface area contributed by atoms with Crippen LogP contribution in [0.5, 0.6) is 5.75 Å². The Kier molecular flexibility index (Phi) is 5.18. The molecule has 0 aliphatic rings. The molecule has 0 saturated heterocycles. The lowest BCUT2D eigenvalue weighted by molar-refractivity contribution is 0.0739. The van der Waals surface area contributed by atoms with Crippen LogP contribution in [0.25, 0.3) is 11.0 Å². The molecule has 3 aromatic rings. The molecule has 1 unspecified atom stereocenters. The van der Waals surface area contributed by atoms with E-state index in [1.54, 1.807) is 29.6 Å². The molecule has 1 amide bonds. The van der Waals surface area contributed by atoms with E-state index in [1.807, 2.05) is 13.8 Å². The first-order chi connectivity index (χ1) is 12.5. The molecule has 26 heavy (non-hydrogen) atoms. The van der Waals surface area contributed by atoms with Gasteiger partial charge in [0.2, 0.25) is 0 Å². The Morgan fingerprint density at radius 2 is 2.08 bits per heavy atom. The first kappa shape index (κ1) is 17.9. The van der Waals surface area contributed by atoms with Crippen LogP contribution in [0.1, 0.15) is 40.3 Å². The van der Waals surface area contributed by atoms with Crippen molar-refractivity contribution in [1.82, 2.24) is 5.32 Å². The Hall–Kier alpha value is -2.93. The molecule has 1 N–H and O–H groups in total. The summed E-state index contributed by atoms with van der Waals surface area (Å²) in [4.78, 5) is 36.8. The molecule has 1 aromatic carbocycles. The predicted molar refractivity (Wildman–Crippen MR) is 99.0 cm³/mol. The Morgan fingerprint density at radius 3 is 2.77 bits per heavy atom. The van der Waals surface area contributed by atoms with Gasteiger partial charge in [0, 0.05) is 17.5 Å². The topological polar surface area (TPSA) is 85.6 Å². The van der Waals surface area contributed by atoms with Crippen molar-refractivity contribution in [3.63, 3.8) is 0 Å². The fraction of sp³-hybridized carbons (Fsp3) is 0.211. The van der Waals surface area contributed by atoms with Gasteiger partial charge in [-0.3, -0.25) is 4.79 Å². The van der Waals surface area contributed by atoms with Crippen molar-refractivity contribution in [1.29, 1.82) is 0 Å². The summed E-state index contributed by atoms with van der Waals surface area (Å²) in [7, 11) is 0. The molecule has 2 aromatic heterocycles. The summed E-state index contributed by atoms with van der Waals surface area (Å²) < 4.78 is 10.5. The zero-order chi connectivity index (χ0) is 18.7. The van der Waals surface area contributed by atoms with Crippen LogP contribution in [0.15, 0.2) is 51.0 Å². The first-order valence-corrected chi connectivity index (χ1v) is 9.00. The second-order valence-corrected chi connectivity index (χ2v) is 6.74. The van der Waals surface area contributed by atoms with Gasteiger partial charge in [-0.1, -0.05) is 13.0 Å². The number of carbonyl (C=O) groups is 2. The third kappa shape index (κ3) is 3.83. The summed E-state index contributed by atoms with van der Waals surface area (Å²) >= 11 is 1.28. The Balaban J connectivity index is 1.87. The van der Waals surface area contributed by atoms with Crippen LogP contribution in [0, 0.1) is 0 Å². The Labute approximate surface area is 153 Å². The Morgan fingerprint density at radius 1 is 1.27 bits per heavy atom. The number of fused-ring (bicyclic) bond motifs is 1. The summed E-state index contributed by atoms with van der Waals surface area (Å²) in [6.07, 6.45) is 0.754. The van der Waals surface area contributed by atoms with E-state index in [2.05, 4.69) is 5.32 Å². The van der Waals surface area contributed by atoms with Crippen molar-refractivity contribution < 1.29 is 18.7 Å². The smallest absolute Gasteiger partial charge is 0.353 e. The van der Waals surface area contributed by atoms with E-state index in [0.717, 1.165) is 6.42 Å². The molecule has 2 heterocycles. The van der Waals surface area contributed by atoms with Gasteiger partial charge >= 0.3 is 11.6 Å². The normalized spacial score (nSPS) is 11.9. The predicted octanol–water partition coefficient (Wildman–Crippen LogP) is 3.60. The van der Waals surface area contributed by atoms with Crippen LogP contribution in [-0.2, 0) is 0 Å². The molecule has 134 valence electrons. The molecule has 0 bridgehead atoms. The lowest BCUT2D eigenvalue weighted by Gasteiger charge is -2.11. The third-order valence-electron chi connectivity index (χ3n) is 3.87. The van der Waals surface area contributed by atoms with Gasteiger partial charge in [0.15, 0.2) is 0 Å². The van der Waals surface area contributed by atoms with Gasteiger partial charge in [-0.15, -0.1) is 11.3 Å². The fourth-order valence-electron chi connectivity index (χ4n) is 2.27. The van der Waals surface area contributed by atoms with Gasteiger partial charge < -0.3 is 14.5 Å². The quantitative estimate of drug-likeness (QED) is 0.421. The average Bonchev–Trinajstić information content (AvgIpc) is 3.15. The summed E-state index contributed by atoms with van der Waals surface area (Å²) in [6, 6.07) is 9.53. The van der Waals surface area contributed by atoms with Gasteiger partial charge in [0.05, 0.1) is 0 Å². The van der Waals surface area contributed by atoms with Crippen molar-refractivity contribution in [3.05, 3.63) is 62.6 Å². The number of thiophene rings is 1. The van der Waals surface area contributed by atoms with E-state index in [1.165, 1.54) is 23.5 Å². The number of ether oxygens (including phenoxy) is 1. The lowest BCUT2D eigenvalue weighted by atomic mass is 10.1. The SMILES string of the molecule is CCC(C)NC(=O)c1cc2ccc(OC(=O)c3cccs3)cc2oc1=O. The van der Waals surface area contributed by atoms with Crippen LogP contribution >= 0.6 is 11.3 Å². The molecule has 0 saturated carbocycles. The average molecular weight is 371 g/mol. The summed E-state index contributed by atoms with van der Waals surface area (Å²) in [5.74, 6) is -0.690. The second-order valence-electron chi connectivity index (χ2n) is 5.80. The zero-order valence-electron chi connectivity index (χ0n) is 14.3. The standard InChI is InChI=1S/C19H17NO5S/c1-3-11(2)20-17(21)14-9-12-6-7-13(10-15(12)25-18(14)22)24-19(23)16-5-4-8-26-16/h4-11H,3H2,1-2H3,(H,20,21). The van der Waals surface area contributed by atoms with Gasteiger partial charge in [-0.25, -0.2) is 9.59 Å². The van der Waals surface area contributed by atoms with E-state index in [9.17, 15) is 14.4 Å². The van der Waals surface area contributed by atoms with E-state index in [4.69, 9.17) is 9.15 Å². The van der Waals surface area contributed by atoms with Crippen molar-refractivity contribution in [2.75, 3.05) is 0 Å². The van der Waals surface area contributed by atoms with E-state index in [0.29, 0.717) is 10.3 Å². The molecule has 0 aliphatic heterocycles. The van der Waals surface area contributed by atoms with E-state index >= 15 is 0 Å². The monoisotopic (exact) mass is 371 g/mol. The number of esters is 1. The van der Waals surface area contributed by atoms with Crippen LogP contribution in [-0.4, -0.2) is 17.9 Å². The van der Waals surface area contributed by atoms with Gasteiger partial charge in [0.25, 0.3) is 5.91 Å². The second kappa shape index (κ2) is 7.53. The maximum Gasteiger partial charge on any atom is 0.353 e. The van der Waals surface area contributed by atoms with Crippen molar-refractivity contribution in [2.24, 2.45) is 0 Å². The Bertz CT molecular complexity index is 1010. The largest absolute Gasteiger partial charge is 0.422 e. The highest BCUT2D eigenvalue weighted by molar-refractivity contribution is 7.12. The van der Waals surface area contributed by atoms with Crippen molar-refractivity contribution in [2.45, 2.75) is 26.3 Å². The summed E-state index contributed by atoms with van der Waals surface area (Å²) in [5.41, 5.74) is -0.548. The number of amides is 1. The summed E-state index contributed by atoms with van der Waals surface area (Å²) in [6.45, 7) is 3.79. The number of hydrogen-bond donors (Lipinski definition) is 1. The van der Waals surface area contributed by atoms with Crippen LogP contribution in [0.2, 0.25) is 0 Å². The first-order valence-electron chi connectivity index (χ1n) is 8.12. The van der Waals surface area contributed by atoms with Gasteiger partial charge in [0.1, 0.15) is 21.8 Å². The minimum atomic E-state index is -0.736. The van der Waals surface area contributed by atoms with Crippen molar-refractivity contribution >= 4 is 34.2 Å². The molecule has 7 heteroatoms. The maximum atomic E-state index is 12.2. The number of carbonyl (C=O) groups excluding carboxylic acids is 2.